The lowest BCUT2D eigenvalue weighted by Crippen LogP contribution is -1.75. The van der Waals surface area contributed by atoms with Crippen LogP contribution in [0, 0.1) is 0 Å². The lowest BCUT2D eigenvalue weighted by Gasteiger charge is -1.87. The molecule has 0 saturated heterocycles. The topological polar surface area (TPSA) is 38.9 Å². The minimum Gasteiger partial charge on any atom is -0.437 e. The summed E-state index contributed by atoms with van der Waals surface area (Å²) in [6.07, 6.45) is 9.22. The van der Waals surface area contributed by atoms with Gasteiger partial charge in [0.1, 0.15) is 5.52 Å². The third kappa shape index (κ3) is 2.95. The van der Waals surface area contributed by atoms with E-state index in [0.717, 1.165) is 11.2 Å². The van der Waals surface area contributed by atoms with Crippen LogP contribution in [-0.2, 0) is 0 Å². The highest BCUT2D eigenvalue weighted by Gasteiger charge is 2.02. The molecule has 20 heavy (non-hydrogen) atoms. The molecule has 3 nitrogen and oxygen atoms in total. The van der Waals surface area contributed by atoms with Crippen LogP contribution in [0.5, 0.6) is 0 Å². The Bertz CT molecular complexity index is 776. The Labute approximate surface area is 121 Å². The summed E-state index contributed by atoms with van der Waals surface area (Å²) in [5.41, 5.74) is 2.38. The molecule has 3 aromatic rings. The van der Waals surface area contributed by atoms with Gasteiger partial charge in [-0.05, 0) is 30.3 Å². The molecule has 0 aliphatic carbocycles. The van der Waals surface area contributed by atoms with Gasteiger partial charge >= 0.3 is 0 Å². The molecular formula is C16H11ClN2O. The number of oxazole rings is 1. The van der Waals surface area contributed by atoms with Gasteiger partial charge in [0.15, 0.2) is 5.58 Å². The van der Waals surface area contributed by atoms with Crippen LogP contribution in [-0.4, -0.2) is 9.97 Å². The number of hydrogen-bond donors (Lipinski definition) is 0. The van der Waals surface area contributed by atoms with Crippen LogP contribution >= 0.6 is 11.6 Å². The predicted molar refractivity (Wildman–Crippen MR) is 81.3 cm³/mol. The Morgan fingerprint density at radius 2 is 1.95 bits per heavy atom. The highest BCUT2D eigenvalue weighted by Crippen LogP contribution is 2.20. The normalized spacial score (nSPS) is 11.8. The zero-order valence-corrected chi connectivity index (χ0v) is 11.3. The van der Waals surface area contributed by atoms with E-state index in [-0.39, 0.29) is 0 Å². The molecule has 0 unspecified atom stereocenters. The molecule has 1 aromatic carbocycles. The summed E-state index contributed by atoms with van der Waals surface area (Å²) in [4.78, 5) is 8.53. The number of nitrogens with zero attached hydrogens (tertiary/aromatic N) is 2. The van der Waals surface area contributed by atoms with Crippen molar-refractivity contribution in [3.05, 3.63) is 71.4 Å². The molecule has 0 N–H and O–H groups in total. The summed E-state index contributed by atoms with van der Waals surface area (Å²) in [5.74, 6) is 0.549. The zero-order valence-electron chi connectivity index (χ0n) is 10.5. The van der Waals surface area contributed by atoms with E-state index < -0.39 is 0 Å². The first-order valence-corrected chi connectivity index (χ1v) is 6.51. The molecule has 4 heteroatoms. The van der Waals surface area contributed by atoms with Crippen LogP contribution in [0.15, 0.2) is 59.2 Å². The molecule has 0 fully saturated rings. The van der Waals surface area contributed by atoms with Gasteiger partial charge in [0.2, 0.25) is 5.89 Å². The summed E-state index contributed by atoms with van der Waals surface area (Å²) >= 11 is 5.90. The van der Waals surface area contributed by atoms with Gasteiger partial charge in [0.05, 0.1) is 5.69 Å². The predicted octanol–water partition coefficient (Wildman–Crippen LogP) is 4.60. The molecule has 0 radical (unpaired) electrons. The van der Waals surface area contributed by atoms with Gasteiger partial charge in [0, 0.05) is 23.4 Å². The molecule has 0 bridgehead atoms. The van der Waals surface area contributed by atoms with Crippen molar-refractivity contribution in [1.29, 1.82) is 0 Å². The molecule has 2 heterocycles. The summed E-state index contributed by atoms with van der Waals surface area (Å²) in [6, 6.07) is 11.2. The Hall–Kier alpha value is -2.39. The van der Waals surface area contributed by atoms with Crippen molar-refractivity contribution in [2.45, 2.75) is 0 Å². The van der Waals surface area contributed by atoms with E-state index in [9.17, 15) is 0 Å². The van der Waals surface area contributed by atoms with Crippen molar-refractivity contribution in [3.63, 3.8) is 0 Å². The van der Waals surface area contributed by atoms with E-state index in [1.165, 1.54) is 0 Å². The van der Waals surface area contributed by atoms with Crippen molar-refractivity contribution in [2.75, 3.05) is 0 Å². The maximum atomic E-state index is 5.90. The minimum atomic E-state index is 0.549. The average Bonchev–Trinajstić information content (AvgIpc) is 2.86. The minimum absolute atomic E-state index is 0.549. The van der Waals surface area contributed by atoms with Crippen LogP contribution in [0.2, 0.25) is 5.02 Å². The summed E-state index contributed by atoms with van der Waals surface area (Å²) in [6.45, 7) is 0. The third-order valence-corrected chi connectivity index (χ3v) is 2.91. The van der Waals surface area contributed by atoms with Crippen LogP contribution in [0.4, 0.5) is 0 Å². The number of aromatic nitrogens is 2. The quantitative estimate of drug-likeness (QED) is 0.659. The summed E-state index contributed by atoms with van der Waals surface area (Å²) in [7, 11) is 0. The van der Waals surface area contributed by atoms with Gasteiger partial charge in [-0.2, -0.15) is 0 Å². The number of allylic oxidation sites excluding steroid dienone is 2. The van der Waals surface area contributed by atoms with Crippen LogP contribution in [0.3, 0.4) is 0 Å². The van der Waals surface area contributed by atoms with Gasteiger partial charge in [-0.1, -0.05) is 29.8 Å². The fourth-order valence-corrected chi connectivity index (χ4v) is 1.92. The van der Waals surface area contributed by atoms with E-state index in [2.05, 4.69) is 9.97 Å². The molecule has 0 atom stereocenters. The fraction of sp³-hybridized carbons (Fsp3) is 0. The molecule has 0 saturated carbocycles. The number of halogens is 1. The highest BCUT2D eigenvalue weighted by molar-refractivity contribution is 6.31. The maximum Gasteiger partial charge on any atom is 0.219 e. The Balaban J connectivity index is 1.76. The standard InChI is InChI=1S/C16H11ClN2O/c17-12-8-9-14-15(11-12)20-16(19-14)7-2-1-5-13-6-3-4-10-18-13/h1-11H/b5-1+,7-2+. The van der Waals surface area contributed by atoms with Gasteiger partial charge in [-0.15, -0.1) is 0 Å². The lowest BCUT2D eigenvalue weighted by molar-refractivity contribution is 0.589. The second-order valence-electron chi connectivity index (χ2n) is 4.14. The van der Waals surface area contributed by atoms with E-state index in [4.69, 9.17) is 16.0 Å². The Morgan fingerprint density at radius 1 is 1.05 bits per heavy atom. The van der Waals surface area contributed by atoms with Gasteiger partial charge < -0.3 is 4.42 Å². The number of pyridine rings is 1. The second kappa shape index (κ2) is 5.72. The van der Waals surface area contributed by atoms with Crippen molar-refractivity contribution in [1.82, 2.24) is 9.97 Å². The zero-order chi connectivity index (χ0) is 13.8. The fourth-order valence-electron chi connectivity index (χ4n) is 1.75. The Kier molecular flexibility index (Phi) is 3.61. The van der Waals surface area contributed by atoms with Crippen molar-refractivity contribution >= 4 is 34.9 Å². The molecule has 0 spiro atoms. The lowest BCUT2D eigenvalue weighted by atomic mass is 10.3. The van der Waals surface area contributed by atoms with Crippen molar-refractivity contribution in [2.24, 2.45) is 0 Å². The smallest absolute Gasteiger partial charge is 0.219 e. The van der Waals surface area contributed by atoms with E-state index in [1.54, 1.807) is 24.4 Å². The molecule has 98 valence electrons. The molecule has 2 aromatic heterocycles. The van der Waals surface area contributed by atoms with E-state index in [0.29, 0.717) is 16.5 Å². The largest absolute Gasteiger partial charge is 0.437 e. The van der Waals surface area contributed by atoms with Crippen molar-refractivity contribution < 1.29 is 4.42 Å². The molecular weight excluding hydrogens is 272 g/mol. The molecule has 3 rings (SSSR count). The van der Waals surface area contributed by atoms with E-state index in [1.807, 2.05) is 42.5 Å². The monoisotopic (exact) mass is 282 g/mol. The number of hydrogen-bond acceptors (Lipinski definition) is 3. The first-order valence-electron chi connectivity index (χ1n) is 6.13. The molecule has 0 aliphatic rings. The first-order chi connectivity index (χ1) is 9.81. The molecule has 0 aliphatic heterocycles. The Morgan fingerprint density at radius 3 is 2.80 bits per heavy atom. The van der Waals surface area contributed by atoms with Gasteiger partial charge in [-0.25, -0.2) is 4.98 Å². The first kappa shape index (κ1) is 12.6. The molecule has 0 amide bonds. The summed E-state index contributed by atoms with van der Waals surface area (Å²) in [5, 5.41) is 0.638. The van der Waals surface area contributed by atoms with Gasteiger partial charge in [-0.3, -0.25) is 4.98 Å². The maximum absolute atomic E-state index is 5.90. The number of fused-ring (bicyclic) bond motifs is 1. The van der Waals surface area contributed by atoms with Crippen LogP contribution in [0.1, 0.15) is 11.6 Å². The van der Waals surface area contributed by atoms with Crippen LogP contribution in [0.25, 0.3) is 23.3 Å². The SMILES string of the molecule is Clc1ccc2nc(/C=C/C=C/c3ccccn3)oc2c1. The third-order valence-electron chi connectivity index (χ3n) is 2.67. The van der Waals surface area contributed by atoms with Gasteiger partial charge in [0.25, 0.3) is 0 Å². The second-order valence-corrected chi connectivity index (χ2v) is 4.57. The van der Waals surface area contributed by atoms with Crippen molar-refractivity contribution in [3.8, 4) is 0 Å². The average molecular weight is 283 g/mol. The van der Waals surface area contributed by atoms with E-state index >= 15 is 0 Å². The number of benzene rings is 1. The highest BCUT2D eigenvalue weighted by atomic mass is 35.5. The van der Waals surface area contributed by atoms with Crippen LogP contribution < -0.4 is 0 Å². The summed E-state index contributed by atoms with van der Waals surface area (Å²) < 4.78 is 5.57. The number of rotatable bonds is 3.